The van der Waals surface area contributed by atoms with Crippen molar-refractivity contribution >= 4 is 34.0 Å². The predicted molar refractivity (Wildman–Crippen MR) is 104 cm³/mol. The van der Waals surface area contributed by atoms with Crippen molar-refractivity contribution in [3.8, 4) is 0 Å². The van der Waals surface area contributed by atoms with Crippen LogP contribution in [0.25, 0.3) is 0 Å². The van der Waals surface area contributed by atoms with E-state index >= 15 is 0 Å². The van der Waals surface area contributed by atoms with Gasteiger partial charge < -0.3 is 10.2 Å². The quantitative estimate of drug-likeness (QED) is 0.807. The summed E-state index contributed by atoms with van der Waals surface area (Å²) >= 11 is 0. The summed E-state index contributed by atoms with van der Waals surface area (Å²) in [6.45, 7) is 4.02. The Balaban J connectivity index is 0.00000261. The monoisotopic (exact) mass is 413 g/mol. The molecule has 1 aliphatic rings. The molecule has 1 atom stereocenters. The van der Waals surface area contributed by atoms with Gasteiger partial charge >= 0.3 is 0 Å². The highest BCUT2D eigenvalue weighted by Crippen LogP contribution is 2.20. The number of carbonyl (C=O) groups excluding carboxylic acids is 1. The molecule has 0 aromatic heterocycles. The topological polar surface area (TPSA) is 78.5 Å². The van der Waals surface area contributed by atoms with Gasteiger partial charge in [0.2, 0.25) is 0 Å². The number of para-hydroxylation sites is 1. The average Bonchev–Trinajstić information content (AvgIpc) is 2.63. The number of halogens is 2. The van der Waals surface area contributed by atoms with Gasteiger partial charge in [0, 0.05) is 31.2 Å². The van der Waals surface area contributed by atoms with Gasteiger partial charge in [-0.1, -0.05) is 12.1 Å². The van der Waals surface area contributed by atoms with Crippen LogP contribution >= 0.6 is 12.4 Å². The largest absolute Gasteiger partial charge is 0.333 e. The Kier molecular flexibility index (Phi) is 6.80. The molecule has 2 N–H and O–H groups in total. The van der Waals surface area contributed by atoms with E-state index in [2.05, 4.69) is 10.0 Å². The van der Waals surface area contributed by atoms with E-state index in [9.17, 15) is 17.6 Å². The zero-order chi connectivity index (χ0) is 18.7. The molecule has 0 saturated carbocycles. The molecule has 0 unspecified atom stereocenters. The Labute approximate surface area is 164 Å². The Bertz CT molecular complexity index is 906. The van der Waals surface area contributed by atoms with E-state index in [0.717, 1.165) is 13.1 Å². The van der Waals surface area contributed by atoms with Gasteiger partial charge in [-0.3, -0.25) is 9.52 Å². The van der Waals surface area contributed by atoms with Crippen molar-refractivity contribution in [1.82, 2.24) is 10.2 Å². The Morgan fingerprint density at radius 2 is 1.85 bits per heavy atom. The summed E-state index contributed by atoms with van der Waals surface area (Å²) in [5.41, 5.74) is 0.297. The lowest BCUT2D eigenvalue weighted by atomic mass is 10.1. The molecule has 0 spiro atoms. The summed E-state index contributed by atoms with van der Waals surface area (Å²) in [5, 5.41) is 3.22. The van der Waals surface area contributed by atoms with Crippen LogP contribution in [-0.4, -0.2) is 44.9 Å². The number of hydrogen-bond acceptors (Lipinski definition) is 4. The Hall–Kier alpha value is -2.16. The smallest absolute Gasteiger partial charge is 0.261 e. The van der Waals surface area contributed by atoms with Crippen molar-refractivity contribution in [1.29, 1.82) is 0 Å². The summed E-state index contributed by atoms with van der Waals surface area (Å²) in [6, 6.07) is 11.3. The number of nitrogens with one attached hydrogen (secondary N) is 2. The second-order valence-electron chi connectivity index (χ2n) is 6.16. The first-order chi connectivity index (χ1) is 12.4. The van der Waals surface area contributed by atoms with Gasteiger partial charge in [-0.05, 0) is 43.3 Å². The molecule has 1 heterocycles. The molecule has 1 saturated heterocycles. The molecule has 146 valence electrons. The number of sulfonamides is 1. The van der Waals surface area contributed by atoms with Crippen LogP contribution in [0.2, 0.25) is 0 Å². The summed E-state index contributed by atoms with van der Waals surface area (Å²) < 4.78 is 40.7. The fourth-order valence-electron chi connectivity index (χ4n) is 2.83. The molecule has 1 amide bonds. The van der Waals surface area contributed by atoms with Crippen molar-refractivity contribution in [2.24, 2.45) is 0 Å². The third-order valence-corrected chi connectivity index (χ3v) is 5.67. The van der Waals surface area contributed by atoms with Gasteiger partial charge in [0.1, 0.15) is 5.82 Å². The maximum atomic E-state index is 13.7. The van der Waals surface area contributed by atoms with Gasteiger partial charge in [-0.15, -0.1) is 12.4 Å². The Morgan fingerprint density at radius 3 is 2.48 bits per heavy atom. The first-order valence-corrected chi connectivity index (χ1v) is 9.76. The summed E-state index contributed by atoms with van der Waals surface area (Å²) in [4.78, 5) is 14.3. The summed E-state index contributed by atoms with van der Waals surface area (Å²) in [7, 11) is -3.94. The molecule has 1 fully saturated rings. The number of nitrogens with zero attached hydrogens (tertiary/aromatic N) is 1. The molecule has 0 bridgehead atoms. The number of hydrogen-bond donors (Lipinski definition) is 2. The molecule has 3 rings (SSSR count). The lowest BCUT2D eigenvalue weighted by molar-refractivity contribution is 0.0655. The number of anilines is 1. The first-order valence-electron chi connectivity index (χ1n) is 8.27. The van der Waals surface area contributed by atoms with Crippen molar-refractivity contribution in [2.75, 3.05) is 24.4 Å². The van der Waals surface area contributed by atoms with Crippen LogP contribution < -0.4 is 10.0 Å². The zero-order valence-electron chi connectivity index (χ0n) is 14.7. The van der Waals surface area contributed by atoms with E-state index in [1.54, 1.807) is 4.90 Å². The zero-order valence-corrected chi connectivity index (χ0v) is 16.3. The number of piperazine rings is 1. The lowest BCUT2D eigenvalue weighted by Crippen LogP contribution is -2.52. The third kappa shape index (κ3) is 4.77. The van der Waals surface area contributed by atoms with Crippen molar-refractivity contribution < 1.29 is 17.6 Å². The molecule has 9 heteroatoms. The van der Waals surface area contributed by atoms with E-state index in [1.165, 1.54) is 48.5 Å². The van der Waals surface area contributed by atoms with Gasteiger partial charge in [0.25, 0.3) is 15.9 Å². The van der Waals surface area contributed by atoms with Crippen LogP contribution in [0.3, 0.4) is 0 Å². The van der Waals surface area contributed by atoms with E-state index < -0.39 is 15.8 Å². The van der Waals surface area contributed by atoms with E-state index in [4.69, 9.17) is 0 Å². The minimum atomic E-state index is -3.94. The first kappa shape index (κ1) is 21.1. The molecular formula is C18H21ClFN3O3S. The number of rotatable bonds is 4. The summed E-state index contributed by atoms with van der Waals surface area (Å²) in [5.74, 6) is -0.791. The van der Waals surface area contributed by atoms with Crippen LogP contribution in [0.5, 0.6) is 0 Å². The van der Waals surface area contributed by atoms with Crippen LogP contribution in [0.4, 0.5) is 10.1 Å². The van der Waals surface area contributed by atoms with Gasteiger partial charge in [-0.2, -0.15) is 0 Å². The molecule has 0 aliphatic carbocycles. The van der Waals surface area contributed by atoms with E-state index in [0.29, 0.717) is 12.1 Å². The Morgan fingerprint density at radius 1 is 1.19 bits per heavy atom. The summed E-state index contributed by atoms with van der Waals surface area (Å²) in [6.07, 6.45) is 0. The SMILES string of the molecule is C[C@@H]1CNCCN1C(=O)c1ccc(S(=O)(=O)Nc2ccccc2F)cc1.Cl. The lowest BCUT2D eigenvalue weighted by Gasteiger charge is -2.34. The molecule has 2 aromatic rings. The second kappa shape index (κ2) is 8.69. The maximum absolute atomic E-state index is 13.7. The van der Waals surface area contributed by atoms with Crippen molar-refractivity contribution in [3.63, 3.8) is 0 Å². The average molecular weight is 414 g/mol. The molecule has 27 heavy (non-hydrogen) atoms. The highest BCUT2D eigenvalue weighted by molar-refractivity contribution is 7.92. The van der Waals surface area contributed by atoms with Gasteiger partial charge in [0.15, 0.2) is 0 Å². The molecule has 6 nitrogen and oxygen atoms in total. The minimum Gasteiger partial charge on any atom is -0.333 e. The number of benzene rings is 2. The van der Waals surface area contributed by atoms with Crippen molar-refractivity contribution in [3.05, 3.63) is 59.9 Å². The van der Waals surface area contributed by atoms with Gasteiger partial charge in [-0.25, -0.2) is 12.8 Å². The van der Waals surface area contributed by atoms with Crippen LogP contribution in [0.15, 0.2) is 53.4 Å². The fraction of sp³-hybridized carbons (Fsp3) is 0.278. The molecule has 0 radical (unpaired) electrons. The highest BCUT2D eigenvalue weighted by atomic mass is 35.5. The van der Waals surface area contributed by atoms with Crippen molar-refractivity contribution in [2.45, 2.75) is 17.9 Å². The predicted octanol–water partition coefficient (Wildman–Crippen LogP) is 2.48. The fourth-order valence-corrected chi connectivity index (χ4v) is 3.90. The number of amides is 1. The van der Waals surface area contributed by atoms with E-state index in [1.807, 2.05) is 6.92 Å². The third-order valence-electron chi connectivity index (χ3n) is 4.29. The van der Waals surface area contributed by atoms with Gasteiger partial charge in [0.05, 0.1) is 10.6 Å². The minimum absolute atomic E-state index is 0. The molecule has 2 aromatic carbocycles. The van der Waals surface area contributed by atoms with E-state index in [-0.39, 0.29) is 34.9 Å². The van der Waals surface area contributed by atoms with Crippen LogP contribution in [-0.2, 0) is 10.0 Å². The molecular weight excluding hydrogens is 393 g/mol. The standard InChI is InChI=1S/C18H20FN3O3S.ClH/c1-13-12-20-10-11-22(13)18(23)14-6-8-15(9-7-14)26(24,25)21-17-5-3-2-4-16(17)19;/h2-9,13,20-21H,10-12H2,1H3;1H/t13-;/m1./s1. The number of carbonyl (C=O) groups is 1. The second-order valence-corrected chi connectivity index (χ2v) is 7.84. The highest BCUT2D eigenvalue weighted by Gasteiger charge is 2.24. The van der Waals surface area contributed by atoms with Crippen LogP contribution in [0, 0.1) is 5.82 Å². The molecule has 1 aliphatic heterocycles. The maximum Gasteiger partial charge on any atom is 0.261 e. The van der Waals surface area contributed by atoms with Crippen LogP contribution in [0.1, 0.15) is 17.3 Å². The normalized spacial score (nSPS) is 17.1.